The van der Waals surface area contributed by atoms with Crippen molar-refractivity contribution in [3.63, 3.8) is 0 Å². The molecule has 2 heteroatoms. The average molecular weight is 191 g/mol. The molecular formula is C12H17NO. The quantitative estimate of drug-likeness (QED) is 0.770. The van der Waals surface area contributed by atoms with E-state index in [4.69, 9.17) is 5.11 Å². The van der Waals surface area contributed by atoms with Crippen LogP contribution in [0, 0.1) is 0 Å². The number of anilines is 1. The van der Waals surface area contributed by atoms with E-state index in [0.717, 1.165) is 13.0 Å². The van der Waals surface area contributed by atoms with Gasteiger partial charge >= 0.3 is 0 Å². The van der Waals surface area contributed by atoms with Gasteiger partial charge in [0.05, 0.1) is 0 Å². The number of nitrogens with zero attached hydrogens (tertiary/aromatic N) is 1. The van der Waals surface area contributed by atoms with Crippen molar-refractivity contribution in [3.05, 3.63) is 29.3 Å². The SMILES string of the molecule is CC1CN(C)c2c(CCO)cccc21. The Morgan fingerprint density at radius 3 is 3.00 bits per heavy atom. The van der Waals surface area contributed by atoms with Gasteiger partial charge in [0, 0.05) is 31.8 Å². The number of fused-ring (bicyclic) bond motifs is 1. The summed E-state index contributed by atoms with van der Waals surface area (Å²) in [5, 5.41) is 8.98. The van der Waals surface area contributed by atoms with Crippen molar-refractivity contribution < 1.29 is 5.11 Å². The number of aliphatic hydroxyl groups is 1. The lowest BCUT2D eigenvalue weighted by Gasteiger charge is -2.16. The third-order valence-corrected chi connectivity index (χ3v) is 2.99. The molecule has 1 aliphatic heterocycles. The molecule has 0 saturated carbocycles. The number of aliphatic hydroxyl groups excluding tert-OH is 1. The van der Waals surface area contributed by atoms with E-state index in [1.165, 1.54) is 16.8 Å². The Morgan fingerprint density at radius 2 is 2.29 bits per heavy atom. The second kappa shape index (κ2) is 3.62. The number of hydrogen-bond donors (Lipinski definition) is 1. The van der Waals surface area contributed by atoms with Gasteiger partial charge in [0.1, 0.15) is 0 Å². The highest BCUT2D eigenvalue weighted by atomic mass is 16.2. The molecule has 2 nitrogen and oxygen atoms in total. The summed E-state index contributed by atoms with van der Waals surface area (Å²) in [6.07, 6.45) is 0.764. The average Bonchev–Trinajstić information content (AvgIpc) is 2.44. The first-order chi connectivity index (χ1) is 6.74. The van der Waals surface area contributed by atoms with Crippen LogP contribution >= 0.6 is 0 Å². The number of para-hydroxylation sites is 1. The van der Waals surface area contributed by atoms with Crippen LogP contribution in [0.5, 0.6) is 0 Å². The minimum atomic E-state index is 0.235. The molecule has 0 fully saturated rings. The van der Waals surface area contributed by atoms with Gasteiger partial charge in [0.15, 0.2) is 0 Å². The molecular weight excluding hydrogens is 174 g/mol. The first-order valence-corrected chi connectivity index (χ1v) is 5.18. The topological polar surface area (TPSA) is 23.5 Å². The van der Waals surface area contributed by atoms with Crippen molar-refractivity contribution >= 4 is 5.69 Å². The Balaban J connectivity index is 2.45. The van der Waals surface area contributed by atoms with Gasteiger partial charge in [-0.05, 0) is 17.5 Å². The fourth-order valence-corrected chi connectivity index (χ4v) is 2.40. The second-order valence-corrected chi connectivity index (χ2v) is 4.11. The van der Waals surface area contributed by atoms with Crippen LogP contribution in [-0.4, -0.2) is 25.3 Å². The van der Waals surface area contributed by atoms with E-state index < -0.39 is 0 Å². The Kier molecular flexibility index (Phi) is 2.46. The molecule has 1 aromatic carbocycles. The van der Waals surface area contributed by atoms with Crippen LogP contribution in [0.1, 0.15) is 24.0 Å². The molecule has 1 N–H and O–H groups in total. The fourth-order valence-electron chi connectivity index (χ4n) is 2.40. The van der Waals surface area contributed by atoms with E-state index in [9.17, 15) is 0 Å². The molecule has 1 atom stereocenters. The van der Waals surface area contributed by atoms with Gasteiger partial charge in [-0.1, -0.05) is 25.1 Å². The van der Waals surface area contributed by atoms with Gasteiger partial charge in [0.2, 0.25) is 0 Å². The summed E-state index contributed by atoms with van der Waals surface area (Å²) in [6.45, 7) is 3.58. The molecule has 0 bridgehead atoms. The molecule has 1 aliphatic rings. The third-order valence-electron chi connectivity index (χ3n) is 2.99. The van der Waals surface area contributed by atoms with Crippen LogP contribution in [0.3, 0.4) is 0 Å². The minimum absolute atomic E-state index is 0.235. The molecule has 1 unspecified atom stereocenters. The summed E-state index contributed by atoms with van der Waals surface area (Å²) in [6, 6.07) is 6.41. The highest BCUT2D eigenvalue weighted by molar-refractivity contribution is 5.64. The van der Waals surface area contributed by atoms with E-state index in [-0.39, 0.29) is 6.61 Å². The molecule has 0 radical (unpaired) electrons. The van der Waals surface area contributed by atoms with Crippen molar-refractivity contribution in [1.82, 2.24) is 0 Å². The van der Waals surface area contributed by atoms with Crippen LogP contribution in [-0.2, 0) is 6.42 Å². The van der Waals surface area contributed by atoms with Gasteiger partial charge in [-0.15, -0.1) is 0 Å². The normalized spacial score (nSPS) is 19.9. The maximum atomic E-state index is 8.98. The van der Waals surface area contributed by atoms with Crippen molar-refractivity contribution in [1.29, 1.82) is 0 Å². The van der Waals surface area contributed by atoms with Crippen LogP contribution in [0.15, 0.2) is 18.2 Å². The molecule has 2 rings (SSSR count). The number of rotatable bonds is 2. The first kappa shape index (κ1) is 9.53. The van der Waals surface area contributed by atoms with Gasteiger partial charge < -0.3 is 10.0 Å². The number of hydrogen-bond acceptors (Lipinski definition) is 2. The van der Waals surface area contributed by atoms with Crippen molar-refractivity contribution in [2.45, 2.75) is 19.3 Å². The lowest BCUT2D eigenvalue weighted by atomic mass is 9.99. The van der Waals surface area contributed by atoms with Gasteiger partial charge in [0.25, 0.3) is 0 Å². The second-order valence-electron chi connectivity index (χ2n) is 4.11. The number of likely N-dealkylation sites (N-methyl/N-ethyl adjacent to an activating group) is 1. The van der Waals surface area contributed by atoms with E-state index >= 15 is 0 Å². The third kappa shape index (κ3) is 1.40. The Hall–Kier alpha value is -1.02. The summed E-state index contributed by atoms with van der Waals surface area (Å²) in [5.41, 5.74) is 4.05. The van der Waals surface area contributed by atoms with Crippen LogP contribution in [0.2, 0.25) is 0 Å². The zero-order valence-corrected chi connectivity index (χ0v) is 8.83. The van der Waals surface area contributed by atoms with Gasteiger partial charge in [-0.2, -0.15) is 0 Å². The predicted octanol–water partition coefficient (Wildman–Crippen LogP) is 1.77. The molecule has 1 aromatic rings. The smallest absolute Gasteiger partial charge is 0.0472 e. The summed E-state index contributed by atoms with van der Waals surface area (Å²) >= 11 is 0. The van der Waals surface area contributed by atoms with Crippen LogP contribution in [0.4, 0.5) is 5.69 Å². The first-order valence-electron chi connectivity index (χ1n) is 5.18. The minimum Gasteiger partial charge on any atom is -0.396 e. The fraction of sp³-hybridized carbons (Fsp3) is 0.500. The Labute approximate surface area is 85.2 Å². The molecule has 1 heterocycles. The van der Waals surface area contributed by atoms with Gasteiger partial charge in [-0.25, -0.2) is 0 Å². The number of benzene rings is 1. The van der Waals surface area contributed by atoms with E-state index in [1.54, 1.807) is 0 Å². The van der Waals surface area contributed by atoms with E-state index in [0.29, 0.717) is 5.92 Å². The van der Waals surface area contributed by atoms with E-state index in [2.05, 4.69) is 37.1 Å². The summed E-state index contributed by atoms with van der Waals surface area (Å²) in [7, 11) is 2.13. The Morgan fingerprint density at radius 1 is 1.50 bits per heavy atom. The summed E-state index contributed by atoms with van der Waals surface area (Å²) in [4.78, 5) is 2.30. The summed E-state index contributed by atoms with van der Waals surface area (Å²) < 4.78 is 0. The molecule has 14 heavy (non-hydrogen) atoms. The summed E-state index contributed by atoms with van der Waals surface area (Å²) in [5.74, 6) is 0.619. The standard InChI is InChI=1S/C12H17NO/c1-9-8-13(2)12-10(6-7-14)4-3-5-11(9)12/h3-5,9,14H,6-8H2,1-2H3. The maximum absolute atomic E-state index is 8.98. The largest absolute Gasteiger partial charge is 0.396 e. The lowest BCUT2D eigenvalue weighted by molar-refractivity contribution is 0.299. The van der Waals surface area contributed by atoms with Crippen LogP contribution in [0.25, 0.3) is 0 Å². The highest BCUT2D eigenvalue weighted by Gasteiger charge is 2.24. The molecule has 0 amide bonds. The monoisotopic (exact) mass is 191 g/mol. The van der Waals surface area contributed by atoms with E-state index in [1.807, 2.05) is 0 Å². The molecule has 0 aromatic heterocycles. The Bertz CT molecular complexity index is 335. The molecule has 0 saturated heterocycles. The van der Waals surface area contributed by atoms with Crippen molar-refractivity contribution in [3.8, 4) is 0 Å². The molecule has 76 valence electrons. The molecule has 0 spiro atoms. The van der Waals surface area contributed by atoms with Crippen molar-refractivity contribution in [2.75, 3.05) is 25.1 Å². The lowest BCUT2D eigenvalue weighted by Crippen LogP contribution is -2.15. The van der Waals surface area contributed by atoms with Gasteiger partial charge in [-0.3, -0.25) is 0 Å². The molecule has 0 aliphatic carbocycles. The zero-order valence-electron chi connectivity index (χ0n) is 8.83. The van der Waals surface area contributed by atoms with Crippen LogP contribution < -0.4 is 4.90 Å². The van der Waals surface area contributed by atoms with Crippen molar-refractivity contribution in [2.24, 2.45) is 0 Å². The zero-order chi connectivity index (χ0) is 10.1. The predicted molar refractivity (Wildman–Crippen MR) is 58.9 cm³/mol. The maximum Gasteiger partial charge on any atom is 0.0472 e. The highest BCUT2D eigenvalue weighted by Crippen LogP contribution is 2.37.